The van der Waals surface area contributed by atoms with Gasteiger partial charge in [0.15, 0.2) is 0 Å². The first-order chi connectivity index (χ1) is 19.2. The normalized spacial score (nSPS) is 35.4. The molecule has 5 rings (SSSR count). The van der Waals surface area contributed by atoms with Crippen molar-refractivity contribution in [2.45, 2.75) is 90.4 Å². The lowest BCUT2D eigenvalue weighted by Gasteiger charge is -2.44. The van der Waals surface area contributed by atoms with Crippen molar-refractivity contribution in [2.24, 2.45) is 58.1 Å². The highest BCUT2D eigenvalue weighted by molar-refractivity contribution is 5.56. The van der Waals surface area contributed by atoms with Gasteiger partial charge in [-0.1, -0.05) is 72.8 Å². The van der Waals surface area contributed by atoms with Gasteiger partial charge in [0.05, 0.1) is 0 Å². The zero-order chi connectivity index (χ0) is 27.0. The van der Waals surface area contributed by atoms with E-state index in [1.807, 2.05) is 18.2 Å². The Balaban J connectivity index is 1.23. The lowest BCUT2D eigenvalue weighted by atomic mass is 9.60. The summed E-state index contributed by atoms with van der Waals surface area (Å²) >= 11 is 0. The lowest BCUT2D eigenvalue weighted by molar-refractivity contribution is 0.204. The van der Waals surface area contributed by atoms with Crippen molar-refractivity contribution < 1.29 is 0 Å². The topological polar surface area (TPSA) is 38.4 Å². The van der Waals surface area contributed by atoms with Gasteiger partial charge >= 0.3 is 0 Å². The summed E-state index contributed by atoms with van der Waals surface area (Å²) in [6.07, 6.45) is 41.1. The van der Waals surface area contributed by atoms with Gasteiger partial charge in [0.1, 0.15) is 0 Å². The predicted molar refractivity (Wildman–Crippen MR) is 169 cm³/mol. The van der Waals surface area contributed by atoms with Crippen LogP contribution in [0.3, 0.4) is 0 Å². The molecule has 0 aliphatic heterocycles. The minimum absolute atomic E-state index is 0.635. The minimum Gasteiger partial charge on any atom is -0.327 e. The quantitative estimate of drug-likeness (QED) is 0.224. The van der Waals surface area contributed by atoms with Gasteiger partial charge in [0.25, 0.3) is 0 Å². The Labute approximate surface area is 239 Å². The average Bonchev–Trinajstić information content (AvgIpc) is 2.99. The molecule has 0 radical (unpaired) electrons. The van der Waals surface area contributed by atoms with Crippen LogP contribution in [0.2, 0.25) is 0 Å². The van der Waals surface area contributed by atoms with E-state index in [0.29, 0.717) is 18.4 Å². The predicted octanol–water partition coefficient (Wildman–Crippen LogP) is 9.18. The number of nitrogens with two attached hydrogens (primary N) is 1. The molecule has 0 aromatic rings. The van der Waals surface area contributed by atoms with Crippen LogP contribution in [-0.4, -0.2) is 19.8 Å². The van der Waals surface area contributed by atoms with Crippen LogP contribution in [0.15, 0.2) is 76.4 Å². The molecular weight excluding hydrogens is 472 g/mol. The van der Waals surface area contributed by atoms with Crippen molar-refractivity contribution in [3.63, 3.8) is 0 Å². The molecule has 5 aliphatic carbocycles. The molecule has 2 heteroatoms. The maximum absolute atomic E-state index is 5.66. The van der Waals surface area contributed by atoms with E-state index in [0.717, 1.165) is 41.9 Å². The molecule has 0 spiro atoms. The van der Waals surface area contributed by atoms with Gasteiger partial charge < -0.3 is 10.7 Å². The van der Waals surface area contributed by atoms with Crippen LogP contribution in [0.5, 0.6) is 0 Å². The highest BCUT2D eigenvalue weighted by atomic mass is 14.6. The molecule has 0 amide bonds. The molecule has 5 aliphatic rings. The Morgan fingerprint density at radius 1 is 0.974 bits per heavy atom. The van der Waals surface area contributed by atoms with Crippen LogP contribution in [-0.2, 0) is 0 Å². The van der Waals surface area contributed by atoms with Gasteiger partial charge in [0.2, 0.25) is 0 Å². The SMILES string of the molecule is C/N=C\CCC(C)C1CCC(C2CCC(C3=CCC(CC/C=C\CN)C4CCC=CC34)CC2)=C2C=CC=CC21. The number of hydrogen-bond donors (Lipinski definition) is 1. The minimum atomic E-state index is 0.635. The van der Waals surface area contributed by atoms with Crippen LogP contribution in [0.4, 0.5) is 0 Å². The van der Waals surface area contributed by atoms with Gasteiger partial charge in [0, 0.05) is 25.4 Å². The van der Waals surface area contributed by atoms with Crippen LogP contribution in [0.1, 0.15) is 90.4 Å². The smallest absolute Gasteiger partial charge is 0.0273 e. The van der Waals surface area contributed by atoms with Crippen molar-refractivity contribution >= 4 is 6.21 Å². The molecule has 2 N–H and O–H groups in total. The number of nitrogens with zero attached hydrogens (tertiary/aromatic N) is 1. The molecule has 0 aromatic carbocycles. The molecular formula is C37H54N2. The molecule has 0 aromatic heterocycles. The third-order valence-corrected chi connectivity index (χ3v) is 11.1. The summed E-state index contributed by atoms with van der Waals surface area (Å²) in [7, 11) is 1.90. The van der Waals surface area contributed by atoms with Gasteiger partial charge in [-0.25, -0.2) is 0 Å². The maximum Gasteiger partial charge on any atom is 0.0273 e. The second-order valence-corrected chi connectivity index (χ2v) is 13.2. The summed E-state index contributed by atoms with van der Waals surface area (Å²) in [5.41, 5.74) is 11.0. The fourth-order valence-electron chi connectivity index (χ4n) is 9.07. The number of aliphatic imine (C=N–C) groups is 1. The van der Waals surface area contributed by atoms with Crippen molar-refractivity contribution in [1.82, 2.24) is 0 Å². The standard InChI is InChI=1S/C37H54N2/c1-27(11-10-26-39-2)31-23-24-34(37-16-8-7-14-35(31)37)30-19-17-29(18-20-30)33-22-21-28(12-4-3-9-25-38)32-13-5-6-15-36(32)33/h3,6-9,14-16,22,26-32,35-36H,4-5,10-13,17-21,23-25,38H2,1-2H3/b9-3-,39-26-. The zero-order valence-electron chi connectivity index (χ0n) is 24.8. The molecule has 6 unspecified atom stereocenters. The first kappa shape index (κ1) is 28.6. The summed E-state index contributed by atoms with van der Waals surface area (Å²) < 4.78 is 0. The van der Waals surface area contributed by atoms with E-state index >= 15 is 0 Å². The molecule has 6 atom stereocenters. The maximum atomic E-state index is 5.66. The Kier molecular flexibility index (Phi) is 10.3. The molecule has 0 saturated heterocycles. The first-order valence-corrected chi connectivity index (χ1v) is 16.4. The summed E-state index contributed by atoms with van der Waals surface area (Å²) in [6, 6.07) is 0. The van der Waals surface area contributed by atoms with Crippen molar-refractivity contribution in [2.75, 3.05) is 13.6 Å². The van der Waals surface area contributed by atoms with Gasteiger partial charge in [-0.15, -0.1) is 0 Å². The Morgan fingerprint density at radius 2 is 1.82 bits per heavy atom. The van der Waals surface area contributed by atoms with E-state index in [-0.39, 0.29) is 0 Å². The molecule has 39 heavy (non-hydrogen) atoms. The van der Waals surface area contributed by atoms with Crippen LogP contribution in [0.25, 0.3) is 0 Å². The van der Waals surface area contributed by atoms with Crippen molar-refractivity contribution in [3.05, 3.63) is 71.4 Å². The van der Waals surface area contributed by atoms with E-state index in [4.69, 9.17) is 5.73 Å². The number of hydrogen-bond acceptors (Lipinski definition) is 2. The summed E-state index contributed by atoms with van der Waals surface area (Å²) in [5.74, 6) is 6.23. The fraction of sp³-hybridized carbons (Fsp3) is 0.649. The zero-order valence-corrected chi connectivity index (χ0v) is 24.8. The van der Waals surface area contributed by atoms with E-state index in [1.165, 1.54) is 77.0 Å². The van der Waals surface area contributed by atoms with Crippen molar-refractivity contribution in [1.29, 1.82) is 0 Å². The molecule has 2 nitrogen and oxygen atoms in total. The Hall–Kier alpha value is -1.93. The Bertz CT molecular complexity index is 1010. The van der Waals surface area contributed by atoms with E-state index in [2.05, 4.69) is 72.8 Å². The molecule has 1 saturated carbocycles. The largest absolute Gasteiger partial charge is 0.327 e. The molecule has 212 valence electrons. The summed E-state index contributed by atoms with van der Waals surface area (Å²) in [4.78, 5) is 4.22. The lowest BCUT2D eigenvalue weighted by Crippen LogP contribution is -2.33. The summed E-state index contributed by atoms with van der Waals surface area (Å²) in [5, 5.41) is 0. The van der Waals surface area contributed by atoms with E-state index < -0.39 is 0 Å². The van der Waals surface area contributed by atoms with Gasteiger partial charge in [-0.3, -0.25) is 0 Å². The average molecular weight is 527 g/mol. The second kappa shape index (κ2) is 14.1. The molecule has 1 fully saturated rings. The molecule has 0 bridgehead atoms. The van der Waals surface area contributed by atoms with E-state index in [1.54, 1.807) is 5.57 Å². The highest BCUT2D eigenvalue weighted by Crippen LogP contribution is 2.51. The number of fused-ring (bicyclic) bond motifs is 2. The summed E-state index contributed by atoms with van der Waals surface area (Å²) in [6.45, 7) is 3.16. The number of rotatable bonds is 10. The van der Waals surface area contributed by atoms with Gasteiger partial charge in [-0.05, 0) is 131 Å². The monoisotopic (exact) mass is 526 g/mol. The highest BCUT2D eigenvalue weighted by Gasteiger charge is 2.40. The fourth-order valence-corrected chi connectivity index (χ4v) is 9.07. The third-order valence-electron chi connectivity index (χ3n) is 11.1. The first-order valence-electron chi connectivity index (χ1n) is 16.4. The van der Waals surface area contributed by atoms with E-state index in [9.17, 15) is 0 Å². The van der Waals surface area contributed by atoms with Crippen molar-refractivity contribution in [3.8, 4) is 0 Å². The van der Waals surface area contributed by atoms with Crippen LogP contribution >= 0.6 is 0 Å². The second-order valence-electron chi connectivity index (χ2n) is 13.2. The van der Waals surface area contributed by atoms with Crippen LogP contribution in [0, 0.1) is 47.3 Å². The third kappa shape index (κ3) is 6.70. The van der Waals surface area contributed by atoms with Crippen LogP contribution < -0.4 is 5.73 Å². The molecule has 0 heterocycles. The van der Waals surface area contributed by atoms with Gasteiger partial charge in [-0.2, -0.15) is 0 Å². The number of allylic oxidation sites excluding steroid dienone is 11. The Morgan fingerprint density at radius 3 is 2.64 bits per heavy atom.